The molecule has 0 spiro atoms. The number of imidazole rings is 1. The van der Waals surface area contributed by atoms with Crippen LogP contribution in [0.15, 0.2) is 24.8 Å². The van der Waals surface area contributed by atoms with Gasteiger partial charge in [-0.1, -0.05) is 12.5 Å². The van der Waals surface area contributed by atoms with Crippen molar-refractivity contribution >= 4 is 28.7 Å². The molecule has 4 N–H and O–H groups in total. The summed E-state index contributed by atoms with van der Waals surface area (Å²) in [5, 5.41) is 17.0. The van der Waals surface area contributed by atoms with E-state index < -0.39 is 11.7 Å². The van der Waals surface area contributed by atoms with E-state index >= 15 is 4.39 Å². The Bertz CT molecular complexity index is 1550. The van der Waals surface area contributed by atoms with E-state index in [-0.39, 0.29) is 60.3 Å². The molecule has 2 atom stereocenters. The van der Waals surface area contributed by atoms with Gasteiger partial charge >= 0.3 is 0 Å². The van der Waals surface area contributed by atoms with E-state index in [9.17, 15) is 14.7 Å². The molecule has 2 fully saturated rings. The number of fused-ring (bicyclic) bond motifs is 1. The summed E-state index contributed by atoms with van der Waals surface area (Å²) in [6, 6.07) is 2.81. The van der Waals surface area contributed by atoms with Crippen LogP contribution < -0.4 is 11.1 Å². The van der Waals surface area contributed by atoms with Crippen molar-refractivity contribution in [3.8, 4) is 11.8 Å². The molecule has 5 rings (SSSR count). The number of carbonyl (C=O) groups is 2. The van der Waals surface area contributed by atoms with E-state index in [2.05, 4.69) is 38.4 Å². The van der Waals surface area contributed by atoms with Crippen LogP contribution in [0, 0.1) is 24.6 Å². The number of aromatic nitrogens is 4. The van der Waals surface area contributed by atoms with Gasteiger partial charge in [0.15, 0.2) is 5.69 Å². The van der Waals surface area contributed by atoms with Crippen LogP contribution in [0.3, 0.4) is 0 Å². The summed E-state index contributed by atoms with van der Waals surface area (Å²) in [6.45, 7) is 5.99. The highest BCUT2D eigenvalue weighted by molar-refractivity contribution is 6.00. The number of nitrogens with one attached hydrogen (secondary N) is 1. The summed E-state index contributed by atoms with van der Waals surface area (Å²) in [6.07, 6.45) is 3.83. The number of aliphatic hydroxyl groups excluding tert-OH is 1. The second-order valence-corrected chi connectivity index (χ2v) is 10.1. The molecule has 1 aliphatic heterocycles. The van der Waals surface area contributed by atoms with Gasteiger partial charge in [-0.3, -0.25) is 9.59 Å². The topological polar surface area (TPSA) is 141 Å². The number of hydrogen-bond acceptors (Lipinski definition) is 7. The van der Waals surface area contributed by atoms with Crippen LogP contribution in [0.25, 0.3) is 11.0 Å². The molecule has 3 aromatic rings. The molecule has 3 heterocycles. The number of likely N-dealkylation sites (tertiary alicyclic amines) is 1. The summed E-state index contributed by atoms with van der Waals surface area (Å²) in [7, 11) is 1.55. The fourth-order valence-corrected chi connectivity index (χ4v) is 5.42. The van der Waals surface area contributed by atoms with E-state index in [1.54, 1.807) is 22.8 Å². The van der Waals surface area contributed by atoms with Crippen molar-refractivity contribution in [1.82, 2.24) is 24.2 Å². The second kappa shape index (κ2) is 11.1. The Labute approximate surface area is 230 Å². The van der Waals surface area contributed by atoms with Gasteiger partial charge in [0.05, 0.1) is 41.9 Å². The second-order valence-electron chi connectivity index (χ2n) is 10.1. The first kappa shape index (κ1) is 27.4. The number of anilines is 1. The third-order valence-electron chi connectivity index (χ3n) is 7.30. The molecule has 210 valence electrons. The fraction of sp³-hybridized carbons (Fsp3) is 0.429. The predicted octanol–water partition coefficient (Wildman–Crippen LogP) is 1.89. The third kappa shape index (κ3) is 5.05. The van der Waals surface area contributed by atoms with Crippen LogP contribution in [0.2, 0.25) is 0 Å². The van der Waals surface area contributed by atoms with Gasteiger partial charge in [-0.05, 0) is 44.2 Å². The van der Waals surface area contributed by atoms with Crippen molar-refractivity contribution in [2.24, 2.45) is 5.73 Å². The molecule has 1 unspecified atom stereocenters. The molecule has 2 aliphatic rings. The maximum atomic E-state index is 15.2. The minimum Gasteiger partial charge on any atom is -0.395 e. The number of benzene rings is 1. The Balaban J connectivity index is 1.55. The zero-order valence-corrected chi connectivity index (χ0v) is 22.5. The van der Waals surface area contributed by atoms with Crippen LogP contribution in [-0.4, -0.2) is 80.6 Å². The van der Waals surface area contributed by atoms with Gasteiger partial charge in [-0.2, -0.15) is 5.10 Å². The number of ether oxygens (including phenoxy) is 1. The highest BCUT2D eigenvalue weighted by Gasteiger charge is 2.38. The summed E-state index contributed by atoms with van der Waals surface area (Å²) < 4.78 is 24.1. The number of hydrogen-bond donors (Lipinski definition) is 3. The lowest BCUT2D eigenvalue weighted by atomic mass is 10.1. The Kier molecular flexibility index (Phi) is 7.60. The Hall–Kier alpha value is -4.21. The van der Waals surface area contributed by atoms with Crippen molar-refractivity contribution in [2.45, 2.75) is 44.3 Å². The number of aliphatic hydroxyl groups is 1. The number of carbonyl (C=O) groups excluding carboxylic acids is 2. The number of amides is 2. The predicted molar refractivity (Wildman–Crippen MR) is 146 cm³/mol. The Morgan fingerprint density at radius 3 is 2.75 bits per heavy atom. The minimum atomic E-state index is -0.781. The number of primary amides is 1. The molecule has 11 nitrogen and oxygen atoms in total. The quantitative estimate of drug-likeness (QED) is 0.274. The number of methoxy groups -OCH3 is 1. The van der Waals surface area contributed by atoms with Gasteiger partial charge in [0.1, 0.15) is 23.0 Å². The van der Waals surface area contributed by atoms with Crippen LogP contribution in [0.5, 0.6) is 0 Å². The van der Waals surface area contributed by atoms with Gasteiger partial charge in [-0.15, -0.1) is 0 Å². The summed E-state index contributed by atoms with van der Waals surface area (Å²) in [4.78, 5) is 31.3. The normalized spacial score (nSPS) is 18.6. The Morgan fingerprint density at radius 2 is 2.10 bits per heavy atom. The molecule has 1 saturated heterocycles. The zero-order chi connectivity index (χ0) is 28.6. The Morgan fingerprint density at radius 1 is 1.32 bits per heavy atom. The molecule has 2 aromatic heterocycles. The van der Waals surface area contributed by atoms with Crippen molar-refractivity contribution in [2.75, 3.05) is 38.7 Å². The van der Waals surface area contributed by atoms with Crippen molar-refractivity contribution < 1.29 is 23.8 Å². The first-order chi connectivity index (χ1) is 19.3. The highest BCUT2D eigenvalue weighted by Crippen LogP contribution is 2.39. The van der Waals surface area contributed by atoms with Crippen LogP contribution >= 0.6 is 0 Å². The van der Waals surface area contributed by atoms with Crippen LogP contribution in [-0.2, 0) is 9.53 Å². The third-order valence-corrected chi connectivity index (χ3v) is 7.30. The first-order valence-electron chi connectivity index (χ1n) is 13.2. The molecule has 12 heteroatoms. The molecule has 0 bridgehead atoms. The van der Waals surface area contributed by atoms with Crippen molar-refractivity contribution in [1.29, 1.82) is 0 Å². The highest BCUT2D eigenvalue weighted by atomic mass is 19.1. The van der Waals surface area contributed by atoms with Gasteiger partial charge in [-0.25, -0.2) is 14.1 Å². The molecule has 40 heavy (non-hydrogen) atoms. The van der Waals surface area contributed by atoms with Crippen molar-refractivity contribution in [3.05, 3.63) is 53.3 Å². The average molecular weight is 550 g/mol. The van der Waals surface area contributed by atoms with Crippen LogP contribution in [0.1, 0.15) is 58.8 Å². The number of aryl methyl sites for hydroxylation is 1. The lowest BCUT2D eigenvalue weighted by molar-refractivity contribution is -0.127. The van der Waals surface area contributed by atoms with Gasteiger partial charge < -0.3 is 30.4 Å². The largest absolute Gasteiger partial charge is 0.395 e. The SMILES string of the molecule is C=CC(=O)N1CC(n2nc(C#Cc3cc4nc(C)n(C5CC5)c4cc3F)c(C(N)=O)c2NCCO)C[C@@H]1COC. The van der Waals surface area contributed by atoms with Gasteiger partial charge in [0.25, 0.3) is 5.91 Å². The monoisotopic (exact) mass is 549 g/mol. The fourth-order valence-electron chi connectivity index (χ4n) is 5.42. The number of halogens is 1. The lowest BCUT2D eigenvalue weighted by Crippen LogP contribution is -2.37. The summed E-state index contributed by atoms with van der Waals surface area (Å²) in [5.74, 6) is 5.21. The minimum absolute atomic E-state index is 0.0214. The smallest absolute Gasteiger partial charge is 0.255 e. The van der Waals surface area contributed by atoms with Crippen LogP contribution in [0.4, 0.5) is 10.2 Å². The van der Waals surface area contributed by atoms with E-state index in [0.29, 0.717) is 24.6 Å². The number of nitrogens with zero attached hydrogens (tertiary/aromatic N) is 5. The molecule has 2 amide bonds. The van der Waals surface area contributed by atoms with Gasteiger partial charge in [0.2, 0.25) is 5.91 Å². The van der Waals surface area contributed by atoms with E-state index in [1.807, 2.05) is 6.92 Å². The van der Waals surface area contributed by atoms with E-state index in [0.717, 1.165) is 24.2 Å². The van der Waals surface area contributed by atoms with Crippen molar-refractivity contribution in [3.63, 3.8) is 0 Å². The maximum absolute atomic E-state index is 15.2. The van der Waals surface area contributed by atoms with E-state index in [4.69, 9.17) is 10.5 Å². The average Bonchev–Trinajstić information content (AvgIpc) is 3.43. The molecule has 1 aromatic carbocycles. The standard InChI is InChI=1S/C28H32FN7O4/c1-4-25(38)34-14-19(12-20(34)15-40-3)36-28(31-9-10-37)26(27(30)39)22(33-36)8-5-17-11-23-24(13-21(17)29)35(16(2)32-23)18-6-7-18/h4,11,13,18-20,31,37H,1,6-7,9-10,12,14-15H2,2-3H3,(H2,30,39)/t19?,20-/m1/s1. The number of rotatable bonds is 9. The first-order valence-corrected chi connectivity index (χ1v) is 13.2. The van der Waals surface area contributed by atoms with E-state index in [1.165, 1.54) is 12.1 Å². The maximum Gasteiger partial charge on any atom is 0.255 e. The summed E-state index contributed by atoms with van der Waals surface area (Å²) >= 11 is 0. The summed E-state index contributed by atoms with van der Waals surface area (Å²) in [5.41, 5.74) is 7.32. The molecular formula is C28H32FN7O4. The molecule has 1 aliphatic carbocycles. The molecule has 0 radical (unpaired) electrons. The molecule has 1 saturated carbocycles. The number of nitrogens with two attached hydrogens (primary N) is 1. The van der Waals surface area contributed by atoms with Gasteiger partial charge in [0, 0.05) is 32.3 Å². The molecular weight excluding hydrogens is 517 g/mol. The lowest BCUT2D eigenvalue weighted by Gasteiger charge is -2.22. The zero-order valence-electron chi connectivity index (χ0n) is 22.5.